The second-order valence-electron chi connectivity index (χ2n) is 6.09. The van der Waals surface area contributed by atoms with E-state index in [1.807, 2.05) is 24.3 Å². The van der Waals surface area contributed by atoms with E-state index in [1.165, 1.54) is 20.1 Å². The Morgan fingerprint density at radius 2 is 1.85 bits per heavy atom. The molecule has 1 heterocycles. The molecule has 0 N–H and O–H groups in total. The number of nitrogens with zero attached hydrogens (tertiary/aromatic N) is 1. The number of hydrogen-bond acceptors (Lipinski definition) is 6. The number of hydrogen-bond donors (Lipinski definition) is 0. The average molecular weight is 393 g/mol. The number of esters is 1. The molecule has 0 bridgehead atoms. The smallest absolute Gasteiger partial charge is 0.324 e. The van der Waals surface area contributed by atoms with Gasteiger partial charge in [-0.25, -0.2) is 8.42 Å². The highest BCUT2D eigenvalue weighted by Crippen LogP contribution is 2.33. The lowest BCUT2D eigenvalue weighted by Crippen LogP contribution is -2.41. The number of rotatable bonds is 4. The largest absolute Gasteiger partial charge is 0.468 e. The lowest BCUT2D eigenvalue weighted by atomic mass is 10.1. The van der Waals surface area contributed by atoms with Crippen LogP contribution in [0.2, 0.25) is 0 Å². The summed E-state index contributed by atoms with van der Waals surface area (Å²) in [5.74, 6) is -0.610. The molecule has 0 aromatic heterocycles. The van der Waals surface area contributed by atoms with Crippen molar-refractivity contribution >= 4 is 43.6 Å². The van der Waals surface area contributed by atoms with Gasteiger partial charge in [0, 0.05) is 18.7 Å². The highest BCUT2D eigenvalue weighted by atomic mass is 32.2. The lowest BCUT2D eigenvalue weighted by molar-refractivity contribution is -0.144. The summed E-state index contributed by atoms with van der Waals surface area (Å²) in [6, 6.07) is 11.4. The van der Waals surface area contributed by atoms with Crippen LogP contribution in [0.15, 0.2) is 47.4 Å². The minimum absolute atomic E-state index is 0.0964. The summed E-state index contributed by atoms with van der Waals surface area (Å²) < 4.78 is 32.3. The fourth-order valence-corrected chi connectivity index (χ4v) is 5.92. The Morgan fingerprint density at radius 1 is 1.15 bits per heavy atom. The molecule has 0 aliphatic carbocycles. The zero-order chi connectivity index (χ0) is 18.9. The Labute approximate surface area is 156 Å². The van der Waals surface area contributed by atoms with Crippen molar-refractivity contribution in [3.8, 4) is 0 Å². The Kier molecular flexibility index (Phi) is 5.36. The summed E-state index contributed by atoms with van der Waals surface area (Å²) in [7, 11) is -2.66. The summed E-state index contributed by atoms with van der Waals surface area (Å²) in [4.78, 5) is 23.6. The standard InChI is InChI=1S/C18H19NO5S2/c1-12(20)25-15-10-17(18(21)24-2)19(11-15)26(22,23)16-8-7-13-5-3-4-6-14(13)9-16/h3-9,15,17H,10-11H2,1-2H3/t15-,17?/m1/s1. The number of thioether (sulfide) groups is 1. The van der Waals surface area contributed by atoms with Gasteiger partial charge in [0.15, 0.2) is 5.12 Å². The van der Waals surface area contributed by atoms with Gasteiger partial charge >= 0.3 is 5.97 Å². The van der Waals surface area contributed by atoms with Gasteiger partial charge in [0.25, 0.3) is 0 Å². The van der Waals surface area contributed by atoms with Gasteiger partial charge < -0.3 is 4.74 Å². The first-order chi connectivity index (χ1) is 12.3. The van der Waals surface area contributed by atoms with Crippen LogP contribution in [-0.2, 0) is 24.3 Å². The van der Waals surface area contributed by atoms with Crippen molar-refractivity contribution < 1.29 is 22.7 Å². The maximum Gasteiger partial charge on any atom is 0.324 e. The molecule has 1 fully saturated rings. The molecule has 6 nitrogen and oxygen atoms in total. The van der Waals surface area contributed by atoms with Gasteiger partial charge in [-0.1, -0.05) is 42.1 Å². The van der Waals surface area contributed by atoms with E-state index in [0.717, 1.165) is 26.8 Å². The number of fused-ring (bicyclic) bond motifs is 1. The molecule has 1 aliphatic rings. The average Bonchev–Trinajstić information content (AvgIpc) is 3.04. The van der Waals surface area contributed by atoms with Crippen LogP contribution in [0.5, 0.6) is 0 Å². The van der Waals surface area contributed by atoms with E-state index in [-0.39, 0.29) is 28.2 Å². The van der Waals surface area contributed by atoms with Crippen LogP contribution >= 0.6 is 11.8 Å². The first-order valence-electron chi connectivity index (χ1n) is 8.08. The summed E-state index contributed by atoms with van der Waals surface area (Å²) in [6.07, 6.45) is 0.254. The van der Waals surface area contributed by atoms with Crippen molar-refractivity contribution in [1.82, 2.24) is 4.31 Å². The number of carbonyl (C=O) groups excluding carboxylic acids is 2. The molecule has 1 saturated heterocycles. The predicted molar refractivity (Wildman–Crippen MR) is 100 cm³/mol. The molecule has 0 saturated carbocycles. The molecule has 0 spiro atoms. The number of sulfonamides is 1. The van der Waals surface area contributed by atoms with E-state index in [0.29, 0.717) is 0 Å². The Morgan fingerprint density at radius 3 is 2.50 bits per heavy atom. The fourth-order valence-electron chi connectivity index (χ4n) is 3.17. The monoisotopic (exact) mass is 393 g/mol. The molecular weight excluding hydrogens is 374 g/mol. The van der Waals surface area contributed by atoms with Crippen molar-refractivity contribution in [1.29, 1.82) is 0 Å². The molecule has 8 heteroatoms. The zero-order valence-corrected chi connectivity index (χ0v) is 16.0. The predicted octanol–water partition coefficient (Wildman–Crippen LogP) is 2.42. The third-order valence-electron chi connectivity index (χ3n) is 4.35. The minimum atomic E-state index is -3.90. The quantitative estimate of drug-likeness (QED) is 0.742. The van der Waals surface area contributed by atoms with Gasteiger partial charge in [-0.2, -0.15) is 4.31 Å². The molecule has 2 aromatic carbocycles. The summed E-state index contributed by atoms with van der Waals surface area (Å²) in [5.41, 5.74) is 0. The Hall–Kier alpha value is -1.90. The summed E-state index contributed by atoms with van der Waals surface area (Å²) in [5, 5.41) is 1.36. The third kappa shape index (κ3) is 3.62. The van der Waals surface area contributed by atoms with Crippen molar-refractivity contribution in [2.75, 3.05) is 13.7 Å². The lowest BCUT2D eigenvalue weighted by Gasteiger charge is -2.22. The fraction of sp³-hybridized carbons (Fsp3) is 0.333. The van der Waals surface area contributed by atoms with Gasteiger partial charge in [-0.15, -0.1) is 0 Å². The number of carbonyl (C=O) groups is 2. The highest BCUT2D eigenvalue weighted by molar-refractivity contribution is 8.14. The molecule has 1 aliphatic heterocycles. The minimum Gasteiger partial charge on any atom is -0.468 e. The summed E-state index contributed by atoms with van der Waals surface area (Å²) in [6.45, 7) is 1.53. The number of methoxy groups -OCH3 is 1. The Bertz CT molecular complexity index is 957. The number of ether oxygens (including phenoxy) is 1. The molecule has 138 valence electrons. The summed E-state index contributed by atoms with van der Waals surface area (Å²) >= 11 is 1.06. The van der Waals surface area contributed by atoms with Gasteiger partial charge in [0.2, 0.25) is 10.0 Å². The van der Waals surface area contributed by atoms with E-state index < -0.39 is 22.0 Å². The highest BCUT2D eigenvalue weighted by Gasteiger charge is 2.45. The van der Waals surface area contributed by atoms with E-state index in [2.05, 4.69) is 0 Å². The molecular formula is C18H19NO5S2. The van der Waals surface area contributed by atoms with Crippen LogP contribution < -0.4 is 0 Å². The maximum atomic E-state index is 13.2. The van der Waals surface area contributed by atoms with E-state index in [4.69, 9.17) is 4.74 Å². The molecule has 0 amide bonds. The van der Waals surface area contributed by atoms with Crippen molar-refractivity contribution in [3.05, 3.63) is 42.5 Å². The van der Waals surface area contributed by atoms with Crippen LogP contribution in [-0.4, -0.2) is 48.8 Å². The molecule has 26 heavy (non-hydrogen) atoms. The van der Waals surface area contributed by atoms with E-state index in [9.17, 15) is 18.0 Å². The van der Waals surface area contributed by atoms with Crippen LogP contribution in [0.1, 0.15) is 13.3 Å². The zero-order valence-electron chi connectivity index (χ0n) is 14.4. The van der Waals surface area contributed by atoms with Crippen LogP contribution in [0.3, 0.4) is 0 Å². The second-order valence-corrected chi connectivity index (χ2v) is 9.46. The van der Waals surface area contributed by atoms with Crippen LogP contribution in [0.25, 0.3) is 10.8 Å². The molecule has 1 unspecified atom stereocenters. The van der Waals surface area contributed by atoms with E-state index in [1.54, 1.807) is 12.1 Å². The molecule has 2 aromatic rings. The third-order valence-corrected chi connectivity index (χ3v) is 7.23. The van der Waals surface area contributed by atoms with Crippen molar-refractivity contribution in [2.45, 2.75) is 29.5 Å². The first kappa shape index (κ1) is 18.9. The van der Waals surface area contributed by atoms with Crippen molar-refractivity contribution in [3.63, 3.8) is 0 Å². The number of benzene rings is 2. The van der Waals surface area contributed by atoms with Crippen LogP contribution in [0.4, 0.5) is 0 Å². The molecule has 2 atom stereocenters. The molecule has 3 rings (SSSR count). The first-order valence-corrected chi connectivity index (χ1v) is 10.4. The maximum absolute atomic E-state index is 13.2. The van der Waals surface area contributed by atoms with Gasteiger partial charge in [-0.3, -0.25) is 9.59 Å². The normalized spacial score (nSPS) is 21.0. The van der Waals surface area contributed by atoms with Crippen LogP contribution in [0, 0.1) is 0 Å². The van der Waals surface area contributed by atoms with Gasteiger partial charge in [0.1, 0.15) is 6.04 Å². The second kappa shape index (κ2) is 7.38. The van der Waals surface area contributed by atoms with Crippen molar-refractivity contribution in [2.24, 2.45) is 0 Å². The topological polar surface area (TPSA) is 80.8 Å². The Balaban J connectivity index is 1.98. The van der Waals surface area contributed by atoms with Gasteiger partial charge in [0.05, 0.1) is 12.0 Å². The molecule has 0 radical (unpaired) electrons. The SMILES string of the molecule is COC(=O)C1C[C@@H](SC(C)=O)CN1S(=O)(=O)c1ccc2ccccc2c1. The van der Waals surface area contributed by atoms with E-state index >= 15 is 0 Å². The van der Waals surface area contributed by atoms with Gasteiger partial charge in [-0.05, 0) is 29.3 Å².